The van der Waals surface area contributed by atoms with E-state index in [0.717, 1.165) is 12.8 Å². The maximum Gasteiger partial charge on any atom is 0.257 e. The van der Waals surface area contributed by atoms with Crippen LogP contribution in [0.15, 0.2) is 56.8 Å². The second-order valence-corrected chi connectivity index (χ2v) is 9.17. The summed E-state index contributed by atoms with van der Waals surface area (Å²) in [5, 5.41) is 11.9. The molecule has 31 heavy (non-hydrogen) atoms. The zero-order valence-electron chi connectivity index (χ0n) is 16.6. The van der Waals surface area contributed by atoms with Crippen molar-refractivity contribution in [3.8, 4) is 17.2 Å². The van der Waals surface area contributed by atoms with Gasteiger partial charge in [0.1, 0.15) is 23.1 Å². The van der Waals surface area contributed by atoms with Gasteiger partial charge in [-0.25, -0.2) is 8.42 Å². The van der Waals surface area contributed by atoms with Crippen molar-refractivity contribution < 1.29 is 22.1 Å². The molecule has 5 rings (SSSR count). The lowest BCUT2D eigenvalue weighted by atomic mass is 10.2. The smallest absolute Gasteiger partial charge is 0.257 e. The van der Waals surface area contributed by atoms with Gasteiger partial charge >= 0.3 is 0 Å². The first-order chi connectivity index (χ1) is 15.0. The quantitative estimate of drug-likeness (QED) is 0.405. The third-order valence-electron chi connectivity index (χ3n) is 4.98. The Morgan fingerprint density at radius 3 is 2.65 bits per heavy atom. The van der Waals surface area contributed by atoms with Crippen LogP contribution in [-0.4, -0.2) is 40.4 Å². The molecule has 3 heterocycles. The molecule has 1 aliphatic rings. The molecule has 1 aromatic carbocycles. The zero-order chi connectivity index (χ0) is 21.4. The average molecular weight is 441 g/mol. The minimum atomic E-state index is -3.87. The van der Waals surface area contributed by atoms with Crippen molar-refractivity contribution in [3.05, 3.63) is 60.1 Å². The molecule has 0 unspecified atom stereocenters. The fourth-order valence-electron chi connectivity index (χ4n) is 3.28. The number of methoxy groups -OCH3 is 1. The highest BCUT2D eigenvalue weighted by Crippen LogP contribution is 2.40. The largest absolute Gasteiger partial charge is 0.497 e. The molecule has 0 amide bonds. The molecule has 10 nitrogen and oxygen atoms in total. The molecule has 0 aliphatic heterocycles. The lowest BCUT2D eigenvalue weighted by Crippen LogP contribution is -2.15. The molecular formula is C20H19N5O5S. The summed E-state index contributed by atoms with van der Waals surface area (Å²) in [6.45, 7) is 0.240. The molecule has 160 valence electrons. The summed E-state index contributed by atoms with van der Waals surface area (Å²) in [6.07, 6.45) is 3.48. The molecule has 1 aliphatic carbocycles. The molecular weight excluding hydrogens is 422 g/mol. The van der Waals surface area contributed by atoms with Crippen LogP contribution in [0.25, 0.3) is 11.5 Å². The van der Waals surface area contributed by atoms with Crippen molar-refractivity contribution in [3.63, 3.8) is 0 Å². The van der Waals surface area contributed by atoms with Gasteiger partial charge in [-0.2, -0.15) is 4.98 Å². The maximum atomic E-state index is 13.1. The summed E-state index contributed by atoms with van der Waals surface area (Å²) in [5.74, 6) is 2.01. The summed E-state index contributed by atoms with van der Waals surface area (Å²) in [7, 11) is -2.30. The van der Waals surface area contributed by atoms with E-state index in [4.69, 9.17) is 13.7 Å². The third-order valence-corrected chi connectivity index (χ3v) is 6.48. The van der Waals surface area contributed by atoms with Crippen LogP contribution < -0.4 is 4.74 Å². The Bertz CT molecular complexity index is 1290. The van der Waals surface area contributed by atoms with Gasteiger partial charge in [-0.1, -0.05) is 5.16 Å². The van der Waals surface area contributed by atoms with Crippen molar-refractivity contribution in [1.29, 1.82) is 0 Å². The number of benzene rings is 1. The van der Waals surface area contributed by atoms with E-state index < -0.39 is 15.6 Å². The predicted molar refractivity (Wildman–Crippen MR) is 107 cm³/mol. The lowest BCUT2D eigenvalue weighted by Gasteiger charge is -2.08. The predicted octanol–water partition coefficient (Wildman–Crippen LogP) is 2.83. The van der Waals surface area contributed by atoms with Gasteiger partial charge in [-0.15, -0.1) is 10.2 Å². The van der Waals surface area contributed by atoms with Crippen molar-refractivity contribution in [2.24, 2.45) is 0 Å². The van der Waals surface area contributed by atoms with Gasteiger partial charge in [0.25, 0.3) is 11.0 Å². The fourth-order valence-corrected chi connectivity index (χ4v) is 4.52. The van der Waals surface area contributed by atoms with Crippen molar-refractivity contribution in [2.75, 3.05) is 7.11 Å². The van der Waals surface area contributed by atoms with Crippen molar-refractivity contribution >= 4 is 9.84 Å². The van der Waals surface area contributed by atoms with Crippen LogP contribution in [-0.2, 0) is 22.1 Å². The standard InChI is InChI=1S/C20H19N5O5S/c1-28-15-8-6-14(7-9-15)19-21-17(24-30-19)12-31(26,27)20-23-22-18(13-4-5-13)25(20)11-16-3-2-10-29-16/h2-3,6-10,13H,4-5,11-12H2,1H3. The highest BCUT2D eigenvalue weighted by Gasteiger charge is 2.34. The molecule has 1 saturated carbocycles. The summed E-state index contributed by atoms with van der Waals surface area (Å²) < 4.78 is 43.7. The van der Waals surface area contributed by atoms with Crippen molar-refractivity contribution in [1.82, 2.24) is 24.9 Å². The van der Waals surface area contributed by atoms with Crippen LogP contribution in [0.5, 0.6) is 5.75 Å². The maximum absolute atomic E-state index is 13.1. The molecule has 3 aromatic heterocycles. The molecule has 0 bridgehead atoms. The van der Waals surface area contributed by atoms with Crippen LogP contribution >= 0.6 is 0 Å². The number of aromatic nitrogens is 5. The van der Waals surface area contributed by atoms with Gasteiger partial charge in [0.15, 0.2) is 5.82 Å². The summed E-state index contributed by atoms with van der Waals surface area (Å²) in [5.41, 5.74) is 0.661. The second kappa shape index (κ2) is 7.65. The Labute approximate surface area is 177 Å². The van der Waals surface area contributed by atoms with Gasteiger partial charge in [0.05, 0.1) is 19.9 Å². The molecule has 0 spiro atoms. The molecule has 4 aromatic rings. The Morgan fingerprint density at radius 1 is 1.16 bits per heavy atom. The van der Waals surface area contributed by atoms with E-state index in [0.29, 0.717) is 22.9 Å². The monoisotopic (exact) mass is 441 g/mol. The minimum absolute atomic E-state index is 0.0475. The van der Waals surface area contributed by atoms with Crippen molar-refractivity contribution in [2.45, 2.75) is 36.2 Å². The number of sulfone groups is 1. The first-order valence-electron chi connectivity index (χ1n) is 9.69. The van der Waals surface area contributed by atoms with E-state index >= 15 is 0 Å². The van der Waals surface area contributed by atoms with Gasteiger partial charge in [0, 0.05) is 11.5 Å². The first kappa shape index (κ1) is 19.5. The van der Waals surface area contributed by atoms with Crippen LogP contribution in [0.2, 0.25) is 0 Å². The number of hydrogen-bond donors (Lipinski definition) is 0. The highest BCUT2D eigenvalue weighted by molar-refractivity contribution is 7.90. The number of ether oxygens (including phenoxy) is 1. The van der Waals surface area contributed by atoms with Gasteiger partial charge in [-0.05, 0) is 49.2 Å². The fraction of sp³-hybridized carbons (Fsp3) is 0.300. The Balaban J connectivity index is 1.42. The van der Waals surface area contributed by atoms with E-state index in [2.05, 4.69) is 20.3 Å². The zero-order valence-corrected chi connectivity index (χ0v) is 17.4. The van der Waals surface area contributed by atoms with E-state index in [9.17, 15) is 8.42 Å². The highest BCUT2D eigenvalue weighted by atomic mass is 32.2. The molecule has 0 atom stereocenters. The lowest BCUT2D eigenvalue weighted by molar-refractivity contribution is 0.414. The second-order valence-electron chi connectivity index (χ2n) is 7.28. The van der Waals surface area contributed by atoms with Crippen LogP contribution in [0.4, 0.5) is 0 Å². The Hall–Kier alpha value is -3.47. The number of furan rings is 1. The van der Waals surface area contributed by atoms with E-state index in [-0.39, 0.29) is 29.3 Å². The van der Waals surface area contributed by atoms with Gasteiger partial charge < -0.3 is 13.7 Å². The summed E-state index contributed by atoms with van der Waals surface area (Å²) in [6, 6.07) is 10.6. The van der Waals surface area contributed by atoms with Crippen LogP contribution in [0, 0.1) is 0 Å². The Kier molecular flexibility index (Phi) is 4.81. The number of nitrogens with zero attached hydrogens (tertiary/aromatic N) is 5. The van der Waals surface area contributed by atoms with Gasteiger partial charge in [-0.3, -0.25) is 4.57 Å². The summed E-state index contributed by atoms with van der Waals surface area (Å²) >= 11 is 0. The first-order valence-corrected chi connectivity index (χ1v) is 11.3. The topological polar surface area (TPSA) is 126 Å². The van der Waals surface area contributed by atoms with E-state index in [1.165, 1.54) is 0 Å². The SMILES string of the molecule is COc1ccc(-c2nc(CS(=O)(=O)c3nnc(C4CC4)n3Cc3ccco3)no2)cc1. The number of rotatable bonds is 8. The number of hydrogen-bond acceptors (Lipinski definition) is 9. The third kappa shape index (κ3) is 3.96. The van der Waals surface area contributed by atoms with E-state index in [1.54, 1.807) is 54.3 Å². The average Bonchev–Trinajstić information content (AvgIpc) is 3.15. The molecule has 1 fully saturated rings. The molecule has 0 radical (unpaired) electrons. The normalized spacial score (nSPS) is 14.1. The van der Waals surface area contributed by atoms with Crippen LogP contribution in [0.1, 0.15) is 36.2 Å². The van der Waals surface area contributed by atoms with E-state index in [1.807, 2.05) is 0 Å². The Morgan fingerprint density at radius 2 is 1.97 bits per heavy atom. The minimum Gasteiger partial charge on any atom is -0.497 e. The molecule has 0 N–H and O–H groups in total. The van der Waals surface area contributed by atoms with Gasteiger partial charge in [0.2, 0.25) is 9.84 Å². The summed E-state index contributed by atoms with van der Waals surface area (Å²) in [4.78, 5) is 4.23. The van der Waals surface area contributed by atoms with Crippen LogP contribution in [0.3, 0.4) is 0 Å². The molecule has 0 saturated heterocycles. The molecule has 11 heteroatoms.